The highest BCUT2D eigenvalue weighted by molar-refractivity contribution is 14.0. The van der Waals surface area contributed by atoms with E-state index in [1.165, 1.54) is 5.56 Å². The molecule has 0 aliphatic carbocycles. The number of hydrogen-bond acceptors (Lipinski definition) is 3. The topological polar surface area (TPSA) is 65.8 Å². The van der Waals surface area contributed by atoms with Crippen LogP contribution in [0.2, 0.25) is 0 Å². The average Bonchev–Trinajstić information content (AvgIpc) is 2.96. The number of aliphatic imine (C=N–C) groups is 1. The molecule has 7 nitrogen and oxygen atoms in total. The fourth-order valence-corrected chi connectivity index (χ4v) is 2.67. The summed E-state index contributed by atoms with van der Waals surface area (Å²) < 4.78 is 1.96. The van der Waals surface area contributed by atoms with Crippen LogP contribution in [0, 0.1) is 6.92 Å². The smallest absolute Gasteiger partial charge is 0.219 e. The molecule has 2 rings (SSSR count). The number of carbonyl (C=O) groups is 1. The standard InChI is InChI=1S/C16H28N6O.HI/c1-4-17-16(21-10-8-20(9-11-21)15(3)23)18-6-5-7-22-13-14(2)12-19-22;/h12-13H,4-11H2,1-3H3,(H,17,18);1H. The summed E-state index contributed by atoms with van der Waals surface area (Å²) in [4.78, 5) is 20.2. The first-order chi connectivity index (χ1) is 11.1. The molecule has 2 heterocycles. The second-order valence-electron chi connectivity index (χ2n) is 5.86. The van der Waals surface area contributed by atoms with Gasteiger partial charge in [-0.25, -0.2) is 0 Å². The third-order valence-corrected chi connectivity index (χ3v) is 3.93. The van der Waals surface area contributed by atoms with Crippen LogP contribution < -0.4 is 5.32 Å². The highest BCUT2D eigenvalue weighted by atomic mass is 127. The van der Waals surface area contributed by atoms with E-state index < -0.39 is 0 Å². The minimum absolute atomic E-state index is 0. The van der Waals surface area contributed by atoms with Gasteiger partial charge in [0.05, 0.1) is 6.20 Å². The van der Waals surface area contributed by atoms with Crippen LogP contribution in [0.5, 0.6) is 0 Å². The lowest BCUT2D eigenvalue weighted by Crippen LogP contribution is -2.53. The van der Waals surface area contributed by atoms with E-state index in [4.69, 9.17) is 4.99 Å². The molecule has 136 valence electrons. The number of nitrogens with zero attached hydrogens (tertiary/aromatic N) is 5. The number of aromatic nitrogens is 2. The lowest BCUT2D eigenvalue weighted by atomic mass is 10.3. The van der Waals surface area contributed by atoms with Gasteiger partial charge in [-0.15, -0.1) is 24.0 Å². The van der Waals surface area contributed by atoms with Crippen molar-refractivity contribution in [2.24, 2.45) is 4.99 Å². The number of hydrogen-bond donors (Lipinski definition) is 1. The summed E-state index contributed by atoms with van der Waals surface area (Å²) in [6.45, 7) is 11.5. The van der Waals surface area contributed by atoms with E-state index in [-0.39, 0.29) is 29.9 Å². The van der Waals surface area contributed by atoms with Gasteiger partial charge >= 0.3 is 0 Å². The minimum atomic E-state index is 0. The fraction of sp³-hybridized carbons (Fsp3) is 0.688. The van der Waals surface area contributed by atoms with E-state index in [0.717, 1.165) is 58.2 Å². The number of amides is 1. The zero-order valence-electron chi connectivity index (χ0n) is 14.9. The number of halogens is 1. The zero-order chi connectivity index (χ0) is 16.7. The highest BCUT2D eigenvalue weighted by Gasteiger charge is 2.20. The summed E-state index contributed by atoms with van der Waals surface area (Å²) in [6.07, 6.45) is 4.89. The van der Waals surface area contributed by atoms with Crippen LogP contribution in [0.25, 0.3) is 0 Å². The van der Waals surface area contributed by atoms with Crippen LogP contribution in [-0.2, 0) is 11.3 Å². The maximum absolute atomic E-state index is 11.4. The molecule has 0 aromatic carbocycles. The van der Waals surface area contributed by atoms with Gasteiger partial charge < -0.3 is 15.1 Å². The van der Waals surface area contributed by atoms with Crippen molar-refractivity contribution in [3.63, 3.8) is 0 Å². The number of aryl methyl sites for hydroxylation is 2. The van der Waals surface area contributed by atoms with E-state index in [2.05, 4.69) is 28.4 Å². The average molecular weight is 448 g/mol. The summed E-state index contributed by atoms with van der Waals surface area (Å²) in [5, 5.41) is 7.64. The Kier molecular flexibility index (Phi) is 9.09. The Morgan fingerprint density at radius 3 is 2.50 bits per heavy atom. The molecule has 0 unspecified atom stereocenters. The van der Waals surface area contributed by atoms with Gasteiger partial charge in [-0.3, -0.25) is 14.5 Å². The second kappa shape index (κ2) is 10.5. The van der Waals surface area contributed by atoms with Crippen molar-refractivity contribution in [2.75, 3.05) is 39.3 Å². The predicted octanol–water partition coefficient (Wildman–Crippen LogP) is 1.33. The van der Waals surface area contributed by atoms with Crippen LogP contribution >= 0.6 is 24.0 Å². The van der Waals surface area contributed by atoms with E-state index in [1.54, 1.807) is 6.92 Å². The van der Waals surface area contributed by atoms with Gasteiger partial charge in [0.2, 0.25) is 5.91 Å². The molecule has 8 heteroatoms. The lowest BCUT2D eigenvalue weighted by molar-refractivity contribution is -0.130. The summed E-state index contributed by atoms with van der Waals surface area (Å²) >= 11 is 0. The van der Waals surface area contributed by atoms with Gasteiger partial charge in [-0.2, -0.15) is 5.10 Å². The summed E-state index contributed by atoms with van der Waals surface area (Å²) in [5.74, 6) is 1.11. The third-order valence-electron chi connectivity index (χ3n) is 3.93. The molecule has 1 fully saturated rings. The molecule has 1 saturated heterocycles. The zero-order valence-corrected chi connectivity index (χ0v) is 17.2. The van der Waals surface area contributed by atoms with Gasteiger partial charge in [0, 0.05) is 58.9 Å². The van der Waals surface area contributed by atoms with Crippen molar-refractivity contribution >= 4 is 35.8 Å². The molecular weight excluding hydrogens is 419 g/mol. The molecule has 24 heavy (non-hydrogen) atoms. The van der Waals surface area contributed by atoms with E-state index in [9.17, 15) is 4.79 Å². The van der Waals surface area contributed by atoms with Crippen molar-refractivity contribution in [2.45, 2.75) is 33.7 Å². The number of rotatable bonds is 5. The molecule has 1 aliphatic rings. The van der Waals surface area contributed by atoms with Crippen molar-refractivity contribution in [3.05, 3.63) is 18.0 Å². The van der Waals surface area contributed by atoms with Gasteiger partial charge in [0.25, 0.3) is 0 Å². The van der Waals surface area contributed by atoms with E-state index in [0.29, 0.717) is 0 Å². The molecule has 0 saturated carbocycles. The third kappa shape index (κ3) is 6.29. The normalized spacial score (nSPS) is 15.2. The van der Waals surface area contributed by atoms with Crippen molar-refractivity contribution in [1.29, 1.82) is 0 Å². The monoisotopic (exact) mass is 448 g/mol. The Hall–Kier alpha value is -1.32. The lowest BCUT2D eigenvalue weighted by Gasteiger charge is -2.36. The second-order valence-corrected chi connectivity index (χ2v) is 5.86. The molecule has 0 radical (unpaired) electrons. The number of carbonyl (C=O) groups excluding carboxylic acids is 1. The van der Waals surface area contributed by atoms with Crippen LogP contribution in [0.1, 0.15) is 25.8 Å². The molecule has 1 aromatic rings. The van der Waals surface area contributed by atoms with Gasteiger partial charge in [-0.1, -0.05) is 0 Å². The van der Waals surface area contributed by atoms with Gasteiger partial charge in [-0.05, 0) is 25.8 Å². The number of guanidine groups is 1. The van der Waals surface area contributed by atoms with Crippen LogP contribution in [0.15, 0.2) is 17.4 Å². The van der Waals surface area contributed by atoms with Gasteiger partial charge in [0.15, 0.2) is 5.96 Å². The maximum Gasteiger partial charge on any atom is 0.219 e. The van der Waals surface area contributed by atoms with Crippen molar-refractivity contribution in [3.8, 4) is 0 Å². The largest absolute Gasteiger partial charge is 0.357 e. The Bertz CT molecular complexity index is 536. The van der Waals surface area contributed by atoms with Gasteiger partial charge in [0.1, 0.15) is 0 Å². The molecule has 1 N–H and O–H groups in total. The highest BCUT2D eigenvalue weighted by Crippen LogP contribution is 2.03. The van der Waals surface area contributed by atoms with Crippen LogP contribution in [-0.4, -0.2) is 70.7 Å². The predicted molar refractivity (Wildman–Crippen MR) is 107 cm³/mol. The van der Waals surface area contributed by atoms with E-state index >= 15 is 0 Å². The van der Waals surface area contributed by atoms with Crippen LogP contribution in [0.4, 0.5) is 0 Å². The first kappa shape index (κ1) is 20.7. The van der Waals surface area contributed by atoms with Crippen LogP contribution in [0.3, 0.4) is 0 Å². The molecule has 0 atom stereocenters. The Labute approximate surface area is 161 Å². The first-order valence-corrected chi connectivity index (χ1v) is 8.38. The maximum atomic E-state index is 11.4. The summed E-state index contributed by atoms with van der Waals surface area (Å²) in [5.41, 5.74) is 1.19. The first-order valence-electron chi connectivity index (χ1n) is 8.38. The summed E-state index contributed by atoms with van der Waals surface area (Å²) in [6, 6.07) is 0. The molecular formula is C16H29IN6O. The molecule has 1 aromatic heterocycles. The minimum Gasteiger partial charge on any atom is -0.357 e. The molecule has 1 aliphatic heterocycles. The number of nitrogens with one attached hydrogen (secondary N) is 1. The Morgan fingerprint density at radius 1 is 1.29 bits per heavy atom. The van der Waals surface area contributed by atoms with Crippen molar-refractivity contribution < 1.29 is 4.79 Å². The summed E-state index contributed by atoms with van der Waals surface area (Å²) in [7, 11) is 0. The molecule has 1 amide bonds. The molecule has 0 spiro atoms. The molecule has 0 bridgehead atoms. The quantitative estimate of drug-likeness (QED) is 0.320. The SMILES string of the molecule is CCNC(=NCCCn1cc(C)cn1)N1CCN(C(C)=O)CC1.I. The van der Waals surface area contributed by atoms with Crippen molar-refractivity contribution in [1.82, 2.24) is 24.9 Å². The van der Waals surface area contributed by atoms with E-state index in [1.807, 2.05) is 22.7 Å². The Morgan fingerprint density at radius 2 is 1.96 bits per heavy atom. The number of piperazine rings is 1. The fourth-order valence-electron chi connectivity index (χ4n) is 2.67. The Balaban J connectivity index is 0.00000288.